The summed E-state index contributed by atoms with van der Waals surface area (Å²) < 4.78 is 6.22. The van der Waals surface area contributed by atoms with Crippen molar-refractivity contribution in [3.8, 4) is 5.75 Å². The predicted octanol–water partition coefficient (Wildman–Crippen LogP) is 5.86. The van der Waals surface area contributed by atoms with Crippen molar-refractivity contribution in [3.05, 3.63) is 111 Å². The van der Waals surface area contributed by atoms with E-state index in [0.717, 1.165) is 19.9 Å². The third-order valence-electron chi connectivity index (χ3n) is 5.07. The summed E-state index contributed by atoms with van der Waals surface area (Å²) in [6, 6.07) is 27.9. The number of nitrogens with one attached hydrogen (secondary N) is 2. The van der Waals surface area contributed by atoms with Crippen molar-refractivity contribution < 1.29 is 14.3 Å². The van der Waals surface area contributed by atoms with Crippen molar-refractivity contribution in [3.63, 3.8) is 0 Å². The fraction of sp³-hybridized carbons (Fsp3) is 0.0370. The zero-order valence-electron chi connectivity index (χ0n) is 17.8. The largest absolute Gasteiger partial charge is 0.497 e. The monoisotopic (exact) mass is 548 g/mol. The van der Waals surface area contributed by atoms with Gasteiger partial charge in [0, 0.05) is 14.8 Å². The van der Waals surface area contributed by atoms with Crippen LogP contribution in [0.3, 0.4) is 0 Å². The Balaban J connectivity index is 1.69. The van der Waals surface area contributed by atoms with E-state index in [1.807, 2.05) is 66.7 Å². The number of carbonyl (C=O) groups is 2. The number of fused-ring (bicyclic) bond motifs is 1. The molecule has 0 heterocycles. The van der Waals surface area contributed by atoms with Gasteiger partial charge in [0.25, 0.3) is 11.8 Å². The molecule has 2 amide bonds. The number of hydrogen-bond donors (Lipinski definition) is 2. The van der Waals surface area contributed by atoms with E-state index in [1.54, 1.807) is 37.5 Å². The van der Waals surface area contributed by atoms with Gasteiger partial charge >= 0.3 is 0 Å². The van der Waals surface area contributed by atoms with Crippen LogP contribution in [0.1, 0.15) is 15.9 Å². The fourth-order valence-electron chi connectivity index (χ4n) is 3.36. The van der Waals surface area contributed by atoms with Crippen LogP contribution in [0.25, 0.3) is 16.8 Å². The van der Waals surface area contributed by atoms with Crippen molar-refractivity contribution in [1.29, 1.82) is 0 Å². The van der Waals surface area contributed by atoms with Gasteiger partial charge < -0.3 is 15.4 Å². The summed E-state index contributed by atoms with van der Waals surface area (Å²) in [5, 5.41) is 7.68. The summed E-state index contributed by atoms with van der Waals surface area (Å²) >= 11 is 2.20. The first kappa shape index (κ1) is 22.5. The van der Waals surface area contributed by atoms with Crippen molar-refractivity contribution in [2.45, 2.75) is 0 Å². The van der Waals surface area contributed by atoms with Crippen molar-refractivity contribution in [2.24, 2.45) is 0 Å². The van der Waals surface area contributed by atoms with Gasteiger partial charge in [-0.15, -0.1) is 0 Å². The molecular formula is C27H21IN2O3. The number of carbonyl (C=O) groups excluding carboxylic acids is 2. The molecular weight excluding hydrogens is 527 g/mol. The molecule has 2 N–H and O–H groups in total. The molecule has 0 bridgehead atoms. The lowest BCUT2D eigenvalue weighted by molar-refractivity contribution is -0.113. The average Bonchev–Trinajstić information content (AvgIpc) is 2.85. The lowest BCUT2D eigenvalue weighted by Crippen LogP contribution is -2.30. The lowest BCUT2D eigenvalue weighted by Gasteiger charge is -2.12. The van der Waals surface area contributed by atoms with Gasteiger partial charge in [-0.3, -0.25) is 9.59 Å². The van der Waals surface area contributed by atoms with Gasteiger partial charge in [0.2, 0.25) is 0 Å². The molecule has 33 heavy (non-hydrogen) atoms. The number of benzene rings is 4. The number of rotatable bonds is 6. The van der Waals surface area contributed by atoms with Crippen LogP contribution in [-0.4, -0.2) is 18.9 Å². The van der Waals surface area contributed by atoms with Gasteiger partial charge in [0.1, 0.15) is 11.4 Å². The lowest BCUT2D eigenvalue weighted by atomic mass is 10.0. The number of amides is 2. The van der Waals surface area contributed by atoms with E-state index < -0.39 is 5.91 Å². The Bertz CT molecular complexity index is 1320. The molecule has 0 aliphatic carbocycles. The second kappa shape index (κ2) is 10.3. The minimum Gasteiger partial charge on any atom is -0.497 e. The van der Waals surface area contributed by atoms with Gasteiger partial charge in [-0.2, -0.15) is 0 Å². The second-order valence-corrected chi connectivity index (χ2v) is 8.52. The molecule has 4 aromatic carbocycles. The molecule has 5 nitrogen and oxygen atoms in total. The Hall–Kier alpha value is -3.65. The molecule has 0 aromatic heterocycles. The maximum atomic E-state index is 13.2. The Morgan fingerprint density at radius 2 is 1.55 bits per heavy atom. The van der Waals surface area contributed by atoms with E-state index in [1.165, 1.54) is 0 Å². The quantitative estimate of drug-likeness (QED) is 0.234. The number of hydrogen-bond acceptors (Lipinski definition) is 3. The molecule has 0 aliphatic heterocycles. The van der Waals surface area contributed by atoms with Gasteiger partial charge in [-0.05, 0) is 93.5 Å². The number of methoxy groups -OCH3 is 1. The Kier molecular flexibility index (Phi) is 7.04. The van der Waals surface area contributed by atoms with Crippen molar-refractivity contribution in [2.75, 3.05) is 12.4 Å². The Morgan fingerprint density at radius 1 is 0.848 bits per heavy atom. The minimum atomic E-state index is -0.411. The standard InChI is InChI=1S/C27H21IN2O3/c1-33-23-15-9-19(10-16-23)26(31)30-25(27(32)29-22-13-11-21(28)12-14-22)17-20-7-4-6-18-5-2-3-8-24(18)20/h2-17H,1H3,(H,29,32)(H,30,31). The maximum Gasteiger partial charge on any atom is 0.272 e. The normalized spacial score (nSPS) is 11.2. The third kappa shape index (κ3) is 5.59. The van der Waals surface area contributed by atoms with Crippen molar-refractivity contribution in [1.82, 2.24) is 5.32 Å². The molecule has 0 spiro atoms. The first-order valence-corrected chi connectivity index (χ1v) is 11.3. The van der Waals surface area contributed by atoms with Crippen LogP contribution in [-0.2, 0) is 4.79 Å². The first-order valence-electron chi connectivity index (χ1n) is 10.3. The maximum absolute atomic E-state index is 13.2. The molecule has 4 aromatic rings. The van der Waals surface area contributed by atoms with Crippen LogP contribution in [0.15, 0.2) is 96.7 Å². The Labute approximate surface area is 205 Å². The van der Waals surface area contributed by atoms with E-state index in [-0.39, 0.29) is 11.6 Å². The first-order chi connectivity index (χ1) is 16.0. The van der Waals surface area contributed by atoms with E-state index in [4.69, 9.17) is 4.74 Å². The topological polar surface area (TPSA) is 67.4 Å². The number of ether oxygens (including phenoxy) is 1. The van der Waals surface area contributed by atoms with Crippen LogP contribution in [0.5, 0.6) is 5.75 Å². The van der Waals surface area contributed by atoms with Gasteiger partial charge in [0.15, 0.2) is 0 Å². The smallest absolute Gasteiger partial charge is 0.272 e. The number of anilines is 1. The molecule has 0 unspecified atom stereocenters. The average molecular weight is 548 g/mol. The highest BCUT2D eigenvalue weighted by molar-refractivity contribution is 14.1. The van der Waals surface area contributed by atoms with Gasteiger partial charge in [0.05, 0.1) is 7.11 Å². The second-order valence-electron chi connectivity index (χ2n) is 7.27. The van der Waals surface area contributed by atoms with E-state index in [2.05, 4.69) is 33.2 Å². The molecule has 0 aliphatic rings. The van der Waals surface area contributed by atoms with Gasteiger partial charge in [-0.1, -0.05) is 42.5 Å². The summed E-state index contributed by atoms with van der Waals surface area (Å²) in [6.45, 7) is 0. The van der Waals surface area contributed by atoms with E-state index in [9.17, 15) is 9.59 Å². The zero-order chi connectivity index (χ0) is 23.2. The highest BCUT2D eigenvalue weighted by atomic mass is 127. The van der Waals surface area contributed by atoms with Crippen LogP contribution < -0.4 is 15.4 Å². The summed E-state index contributed by atoms with van der Waals surface area (Å²) in [5.41, 5.74) is 2.03. The summed E-state index contributed by atoms with van der Waals surface area (Å²) in [4.78, 5) is 26.1. The molecule has 164 valence electrons. The molecule has 0 radical (unpaired) electrons. The number of halogens is 1. The van der Waals surface area contributed by atoms with Crippen LogP contribution in [0.4, 0.5) is 5.69 Å². The SMILES string of the molecule is COc1ccc(C(=O)NC(=Cc2cccc3ccccc23)C(=O)Nc2ccc(I)cc2)cc1. The van der Waals surface area contributed by atoms with Gasteiger partial charge in [-0.25, -0.2) is 0 Å². The van der Waals surface area contributed by atoms with Crippen LogP contribution in [0.2, 0.25) is 0 Å². The summed E-state index contributed by atoms with van der Waals surface area (Å²) in [6.07, 6.45) is 1.70. The van der Waals surface area contributed by atoms with Crippen LogP contribution >= 0.6 is 22.6 Å². The highest BCUT2D eigenvalue weighted by Gasteiger charge is 2.16. The third-order valence-corrected chi connectivity index (χ3v) is 5.79. The minimum absolute atomic E-state index is 0.144. The van der Waals surface area contributed by atoms with Crippen molar-refractivity contribution >= 4 is 56.9 Å². The summed E-state index contributed by atoms with van der Waals surface area (Å²) in [5.74, 6) is -0.151. The fourth-order valence-corrected chi connectivity index (χ4v) is 3.72. The zero-order valence-corrected chi connectivity index (χ0v) is 20.0. The Morgan fingerprint density at radius 3 is 2.27 bits per heavy atom. The highest BCUT2D eigenvalue weighted by Crippen LogP contribution is 2.21. The molecule has 0 atom stereocenters. The van der Waals surface area contributed by atoms with Crippen LogP contribution in [0, 0.1) is 3.57 Å². The predicted molar refractivity (Wildman–Crippen MR) is 140 cm³/mol. The molecule has 0 fully saturated rings. The van der Waals surface area contributed by atoms with E-state index in [0.29, 0.717) is 17.0 Å². The molecule has 6 heteroatoms. The van der Waals surface area contributed by atoms with E-state index >= 15 is 0 Å². The molecule has 4 rings (SSSR count). The molecule has 0 saturated heterocycles. The summed E-state index contributed by atoms with van der Waals surface area (Å²) in [7, 11) is 1.56. The molecule has 0 saturated carbocycles.